The third-order valence-electron chi connectivity index (χ3n) is 0. The van der Waals surface area contributed by atoms with Crippen molar-refractivity contribution in [2.45, 2.75) is 0 Å². The van der Waals surface area contributed by atoms with Gasteiger partial charge < -0.3 is 57.7 Å². The first-order valence-electron chi connectivity index (χ1n) is 1.10. The molecule has 0 aliphatic carbocycles. The summed E-state index contributed by atoms with van der Waals surface area (Å²) in [5, 5.41) is 27.0. The predicted molar refractivity (Wildman–Crippen MR) is 51.3 cm³/mol. The molecule has 0 fully saturated rings. The monoisotopic (exact) mass is 437 g/mol. The Hall–Kier alpha value is -1.12. The molecule has 96 valence electrons. The van der Waals surface area contributed by atoms with E-state index in [-0.39, 0.29) is 53.6 Å². The molecule has 0 saturated carbocycles. The zero-order chi connectivity index (χ0) is 8.12. The Kier molecular flexibility index (Phi) is 3300. The Morgan fingerprint density at radius 3 is 0.533 bits per heavy atom. The third-order valence-corrected chi connectivity index (χ3v) is 0. The molecular weight excluding hydrogens is 427 g/mol. The summed E-state index contributed by atoms with van der Waals surface area (Å²) < 4.78 is 0. The molecule has 14 nitrogen and oxygen atoms in total. The van der Waals surface area contributed by atoms with Crippen LogP contribution in [0.1, 0.15) is 0 Å². The normalized spacial score (nSPS) is 2.40. The molecule has 0 aliphatic rings. The number of hydrogen-bond donors (Lipinski definition) is 0. The van der Waals surface area contributed by atoms with Gasteiger partial charge in [0, 0.05) is 0 Å². The van der Waals surface area contributed by atoms with Gasteiger partial charge in [0.05, 0.1) is 0 Å². The van der Waals surface area contributed by atoms with Gasteiger partial charge in [-0.1, -0.05) is 0 Å². The molecular formula is H10BiN3O11. The summed E-state index contributed by atoms with van der Waals surface area (Å²) in [6, 6.07) is 0. The van der Waals surface area contributed by atoms with E-state index in [0.717, 1.165) is 16.0 Å². The van der Waals surface area contributed by atoms with Gasteiger partial charge in [0.25, 0.3) is 0 Å². The van der Waals surface area contributed by atoms with Gasteiger partial charge in [-0.15, -0.1) is 16.0 Å². The van der Waals surface area contributed by atoms with Crippen molar-refractivity contribution in [1.82, 2.24) is 0 Å². The molecule has 0 saturated heterocycles. The summed E-state index contributed by atoms with van der Waals surface area (Å²) in [5.74, 6) is 0. The van der Waals surface area contributed by atoms with Gasteiger partial charge in [0.2, 0.25) is 0 Å². The average molecular weight is 437 g/mol. The van der Waals surface area contributed by atoms with Crippen LogP contribution in [0, 0.1) is 30.3 Å². The fraction of sp³-hybridized carbons (Fsp3) is 0. The van der Waals surface area contributed by atoms with Gasteiger partial charge in [-0.05, 0) is 0 Å². The second-order valence-electron chi connectivity index (χ2n) is 0.224. The van der Waals surface area contributed by atoms with Gasteiger partial charge in [-0.3, -0.25) is 0 Å². The summed E-state index contributed by atoms with van der Waals surface area (Å²) in [7, 11) is 0. The fourth-order valence-corrected chi connectivity index (χ4v) is 0. The maximum absolute atomic E-state index is 8.00. The zero-order valence-electron chi connectivity index (χ0n) is 6.74. The average Bonchev–Trinajstić information content (AvgIpc) is 1.70. The van der Waals surface area contributed by atoms with E-state index in [1.54, 1.807) is 0 Å². The fourth-order valence-electron chi connectivity index (χ4n) is 0. The molecule has 2 radical (unpaired) electrons. The van der Waals surface area contributed by atoms with Crippen molar-refractivity contribution in [1.29, 1.82) is 0 Å². The predicted octanol–water partition coefficient (Wildman–Crippen LogP) is -3.75. The minimum Gasteiger partial charge on any atom is -0.444 e. The number of rotatable bonds is 0. The van der Waals surface area contributed by atoms with Crippen LogP contribution in [0.4, 0.5) is 0 Å². The van der Waals surface area contributed by atoms with Crippen molar-refractivity contribution >= 4 is 26.2 Å². The second kappa shape index (κ2) is 513. The number of nitrogens with zero attached hydrogens (tertiary/aromatic N) is 3. The van der Waals surface area contributed by atoms with E-state index in [1.165, 1.54) is 0 Å². The minimum atomic E-state index is 0. The SMILES string of the molecule is O.O.O.O.O.O=N[O-].O=N[O-].O=N[O-].[Bi+3]. The van der Waals surface area contributed by atoms with Crippen LogP contribution in [0.15, 0.2) is 16.0 Å². The Labute approximate surface area is 100 Å². The summed E-state index contributed by atoms with van der Waals surface area (Å²) in [6.45, 7) is 0. The molecule has 0 aromatic carbocycles. The molecule has 0 aromatic rings. The maximum atomic E-state index is 8.00. The van der Waals surface area contributed by atoms with E-state index in [1.807, 2.05) is 0 Å². The van der Waals surface area contributed by atoms with Gasteiger partial charge >= 0.3 is 26.2 Å². The van der Waals surface area contributed by atoms with Gasteiger partial charge in [-0.25, -0.2) is 0 Å². The van der Waals surface area contributed by atoms with Crippen LogP contribution in [-0.4, -0.2) is 53.6 Å². The van der Waals surface area contributed by atoms with E-state index in [0.29, 0.717) is 0 Å². The summed E-state index contributed by atoms with van der Waals surface area (Å²) in [6.07, 6.45) is 0. The Morgan fingerprint density at radius 2 is 0.533 bits per heavy atom. The maximum Gasteiger partial charge on any atom is 3.00 e. The largest absolute Gasteiger partial charge is 3.00 e. The van der Waals surface area contributed by atoms with E-state index in [2.05, 4.69) is 0 Å². The van der Waals surface area contributed by atoms with Crippen molar-refractivity contribution in [3.8, 4) is 0 Å². The molecule has 15 heteroatoms. The molecule has 0 spiro atoms. The van der Waals surface area contributed by atoms with E-state index >= 15 is 0 Å². The van der Waals surface area contributed by atoms with E-state index in [9.17, 15) is 0 Å². The second-order valence-corrected chi connectivity index (χ2v) is 0.224. The molecule has 0 aliphatic heterocycles. The van der Waals surface area contributed by atoms with Crippen LogP contribution in [-0.2, 0) is 0 Å². The molecule has 0 rings (SSSR count). The van der Waals surface area contributed by atoms with Crippen LogP contribution in [0.3, 0.4) is 0 Å². The Balaban J connectivity index is -0.00000000429. The molecule has 10 N–H and O–H groups in total. The quantitative estimate of drug-likeness (QED) is 0.208. The van der Waals surface area contributed by atoms with E-state index < -0.39 is 0 Å². The molecule has 0 atom stereocenters. The molecule has 15 heavy (non-hydrogen) atoms. The van der Waals surface area contributed by atoms with Crippen LogP contribution in [0.2, 0.25) is 0 Å². The molecule has 0 aromatic heterocycles. The smallest absolute Gasteiger partial charge is 0.444 e. The standard InChI is InChI=1S/Bi.3HNO2.5H2O/c;3*2-1-3;;;;;/h;3*(H,2,3);5*1H2/q+3;;;;;;;;/p-3. The van der Waals surface area contributed by atoms with Crippen LogP contribution in [0.5, 0.6) is 0 Å². The first-order valence-corrected chi connectivity index (χ1v) is 1.10. The molecule has 0 heterocycles. The Bertz CT molecular complexity index is 52.6. The van der Waals surface area contributed by atoms with Crippen molar-refractivity contribution < 1.29 is 27.4 Å². The van der Waals surface area contributed by atoms with Crippen LogP contribution in [0.25, 0.3) is 0 Å². The molecule has 0 unspecified atom stereocenters. The van der Waals surface area contributed by atoms with Crippen molar-refractivity contribution in [2.24, 2.45) is 16.0 Å². The summed E-state index contributed by atoms with van der Waals surface area (Å²) in [5.41, 5.74) is 0. The van der Waals surface area contributed by atoms with Crippen molar-refractivity contribution in [3.05, 3.63) is 30.3 Å². The van der Waals surface area contributed by atoms with Gasteiger partial charge in [0.15, 0.2) is 0 Å². The number of hydrogen-bond acceptors (Lipinski definition) is 9. The first kappa shape index (κ1) is 96.6. The third kappa shape index (κ3) is 1220. The summed E-state index contributed by atoms with van der Waals surface area (Å²) >= 11 is 0. The van der Waals surface area contributed by atoms with Gasteiger partial charge in [0.1, 0.15) is 0 Å². The van der Waals surface area contributed by atoms with Crippen molar-refractivity contribution in [3.63, 3.8) is 0 Å². The Morgan fingerprint density at radius 1 is 0.533 bits per heavy atom. The topological polar surface area (TPSA) is 315 Å². The first-order chi connectivity index (χ1) is 4.24. The minimum absolute atomic E-state index is 0. The molecule has 0 bridgehead atoms. The molecule has 0 amide bonds. The summed E-state index contributed by atoms with van der Waals surface area (Å²) in [4.78, 5) is 24.0. The van der Waals surface area contributed by atoms with Crippen LogP contribution >= 0.6 is 0 Å². The van der Waals surface area contributed by atoms with Crippen molar-refractivity contribution in [2.75, 3.05) is 0 Å². The van der Waals surface area contributed by atoms with E-state index in [4.69, 9.17) is 30.3 Å². The van der Waals surface area contributed by atoms with Gasteiger partial charge in [-0.2, -0.15) is 0 Å². The van der Waals surface area contributed by atoms with Crippen LogP contribution < -0.4 is 0 Å². The zero-order valence-corrected chi connectivity index (χ0v) is 10.2.